The maximum Gasteiger partial charge on any atom is 0.191 e. The van der Waals surface area contributed by atoms with Gasteiger partial charge in [-0.05, 0) is 6.07 Å². The molecule has 1 aromatic rings. The Hall–Kier alpha value is -1.80. The van der Waals surface area contributed by atoms with Crippen LogP contribution in [0.4, 0.5) is 0 Å². The van der Waals surface area contributed by atoms with Gasteiger partial charge >= 0.3 is 0 Å². The Labute approximate surface area is 124 Å². The van der Waals surface area contributed by atoms with Gasteiger partial charge in [0, 0.05) is 30.2 Å². The third kappa shape index (κ3) is 4.10. The molecule has 1 heterocycles. The Morgan fingerprint density at radius 3 is 2.90 bits per heavy atom. The summed E-state index contributed by atoms with van der Waals surface area (Å²) in [4.78, 5) is 6.59. The van der Waals surface area contributed by atoms with Crippen molar-refractivity contribution in [3.63, 3.8) is 0 Å². The van der Waals surface area contributed by atoms with E-state index in [1.165, 1.54) is 0 Å². The summed E-state index contributed by atoms with van der Waals surface area (Å²) in [5, 5.41) is 0. The second kappa shape index (κ2) is 7.71. The standard InChI is InChI=1S/C15H19N3OS/c1-2-9-19-14-6-4-3-5-13(14)12-17-15(16)18-7-10-20-11-8-18/h1,3-6H,7-12H2,(H2,16,17). The number of rotatable bonds is 4. The number of nitrogens with zero attached hydrogens (tertiary/aromatic N) is 2. The van der Waals surface area contributed by atoms with E-state index in [2.05, 4.69) is 15.8 Å². The maximum absolute atomic E-state index is 6.04. The Kier molecular flexibility index (Phi) is 5.63. The monoisotopic (exact) mass is 289 g/mol. The van der Waals surface area contributed by atoms with Gasteiger partial charge in [-0.3, -0.25) is 0 Å². The number of guanidine groups is 1. The number of hydrogen-bond acceptors (Lipinski definition) is 3. The van der Waals surface area contributed by atoms with Gasteiger partial charge in [0.15, 0.2) is 5.96 Å². The van der Waals surface area contributed by atoms with Gasteiger partial charge in [-0.15, -0.1) is 6.42 Å². The Balaban J connectivity index is 2.00. The third-order valence-electron chi connectivity index (χ3n) is 3.03. The molecular formula is C15H19N3OS. The number of aliphatic imine (C=N–C) groups is 1. The second-order valence-corrected chi connectivity index (χ2v) is 5.60. The van der Waals surface area contributed by atoms with Crippen molar-refractivity contribution in [2.75, 3.05) is 31.2 Å². The minimum absolute atomic E-state index is 0.263. The van der Waals surface area contributed by atoms with Crippen LogP contribution < -0.4 is 10.5 Å². The molecule has 0 amide bonds. The molecule has 2 N–H and O–H groups in total. The van der Waals surface area contributed by atoms with Crippen molar-refractivity contribution in [3.8, 4) is 18.1 Å². The minimum atomic E-state index is 0.263. The van der Waals surface area contributed by atoms with Crippen molar-refractivity contribution in [1.82, 2.24) is 4.90 Å². The number of para-hydroxylation sites is 1. The van der Waals surface area contributed by atoms with Crippen molar-refractivity contribution in [1.29, 1.82) is 0 Å². The molecule has 5 heteroatoms. The zero-order valence-corrected chi connectivity index (χ0v) is 12.2. The molecule has 2 rings (SSSR count). The van der Waals surface area contributed by atoms with Crippen LogP contribution in [0.5, 0.6) is 5.75 Å². The summed E-state index contributed by atoms with van der Waals surface area (Å²) in [6.07, 6.45) is 5.21. The summed E-state index contributed by atoms with van der Waals surface area (Å²) >= 11 is 1.95. The summed E-state index contributed by atoms with van der Waals surface area (Å²) < 4.78 is 5.50. The van der Waals surface area contributed by atoms with Crippen LogP contribution in [0.25, 0.3) is 0 Å². The summed E-state index contributed by atoms with van der Waals surface area (Å²) in [7, 11) is 0. The lowest BCUT2D eigenvalue weighted by molar-refractivity contribution is 0.366. The summed E-state index contributed by atoms with van der Waals surface area (Å²) in [5.74, 6) is 6.07. The van der Waals surface area contributed by atoms with Gasteiger partial charge < -0.3 is 15.4 Å². The van der Waals surface area contributed by atoms with E-state index in [1.807, 2.05) is 36.0 Å². The minimum Gasteiger partial charge on any atom is -0.481 e. The zero-order chi connectivity index (χ0) is 14.2. The first-order chi connectivity index (χ1) is 9.81. The van der Waals surface area contributed by atoms with E-state index in [1.54, 1.807) is 0 Å². The molecule has 1 aromatic carbocycles. The fourth-order valence-corrected chi connectivity index (χ4v) is 2.86. The zero-order valence-electron chi connectivity index (χ0n) is 11.4. The highest BCUT2D eigenvalue weighted by Crippen LogP contribution is 2.19. The first kappa shape index (κ1) is 14.6. The van der Waals surface area contributed by atoms with Gasteiger partial charge in [0.05, 0.1) is 6.54 Å². The molecule has 0 aromatic heterocycles. The van der Waals surface area contributed by atoms with Crippen molar-refractivity contribution in [3.05, 3.63) is 29.8 Å². The molecule has 20 heavy (non-hydrogen) atoms. The fourth-order valence-electron chi connectivity index (χ4n) is 1.95. The van der Waals surface area contributed by atoms with E-state index in [-0.39, 0.29) is 6.61 Å². The van der Waals surface area contributed by atoms with Crippen LogP contribution >= 0.6 is 11.8 Å². The lowest BCUT2D eigenvalue weighted by atomic mass is 10.2. The van der Waals surface area contributed by atoms with Gasteiger partial charge in [0.2, 0.25) is 0 Å². The number of benzene rings is 1. The van der Waals surface area contributed by atoms with E-state index in [0.29, 0.717) is 12.5 Å². The van der Waals surface area contributed by atoms with Crippen LogP contribution in [-0.2, 0) is 6.54 Å². The molecule has 106 valence electrons. The normalized spacial score (nSPS) is 15.8. The summed E-state index contributed by atoms with van der Waals surface area (Å²) in [5.41, 5.74) is 7.04. The largest absolute Gasteiger partial charge is 0.481 e. The molecule has 0 saturated carbocycles. The number of nitrogens with two attached hydrogens (primary N) is 1. The molecule has 0 unspecified atom stereocenters. The molecule has 4 nitrogen and oxygen atoms in total. The van der Waals surface area contributed by atoms with Gasteiger partial charge in [0.25, 0.3) is 0 Å². The Bertz CT molecular complexity index is 504. The average Bonchev–Trinajstić information content (AvgIpc) is 2.52. The van der Waals surface area contributed by atoms with E-state index < -0.39 is 0 Å². The van der Waals surface area contributed by atoms with Crippen molar-refractivity contribution in [2.24, 2.45) is 10.7 Å². The summed E-state index contributed by atoms with van der Waals surface area (Å²) in [6.45, 7) is 2.71. The van der Waals surface area contributed by atoms with Crippen LogP contribution in [-0.4, -0.2) is 42.1 Å². The van der Waals surface area contributed by atoms with Crippen LogP contribution in [0.1, 0.15) is 5.56 Å². The quantitative estimate of drug-likeness (QED) is 0.519. The number of ether oxygens (including phenoxy) is 1. The lowest BCUT2D eigenvalue weighted by Gasteiger charge is -2.27. The van der Waals surface area contributed by atoms with E-state index in [4.69, 9.17) is 16.9 Å². The highest BCUT2D eigenvalue weighted by Gasteiger charge is 2.12. The number of thioether (sulfide) groups is 1. The smallest absolute Gasteiger partial charge is 0.191 e. The predicted octanol–water partition coefficient (Wildman–Crippen LogP) is 1.56. The first-order valence-electron chi connectivity index (χ1n) is 6.58. The predicted molar refractivity (Wildman–Crippen MR) is 85.0 cm³/mol. The van der Waals surface area contributed by atoms with Crippen LogP contribution in [0.3, 0.4) is 0 Å². The number of hydrogen-bond donors (Lipinski definition) is 1. The molecule has 1 aliphatic heterocycles. The van der Waals surface area contributed by atoms with Crippen molar-refractivity contribution < 1.29 is 4.74 Å². The average molecular weight is 289 g/mol. The van der Waals surface area contributed by atoms with Crippen LogP contribution in [0.2, 0.25) is 0 Å². The molecular weight excluding hydrogens is 270 g/mol. The molecule has 0 bridgehead atoms. The molecule has 1 aliphatic rings. The number of terminal acetylenes is 1. The maximum atomic E-state index is 6.04. The SMILES string of the molecule is C#CCOc1ccccc1CN=C(N)N1CCSCC1. The first-order valence-corrected chi connectivity index (χ1v) is 7.73. The van der Waals surface area contributed by atoms with Gasteiger partial charge in [-0.25, -0.2) is 4.99 Å². The van der Waals surface area contributed by atoms with Crippen molar-refractivity contribution in [2.45, 2.75) is 6.54 Å². The topological polar surface area (TPSA) is 50.9 Å². The van der Waals surface area contributed by atoms with E-state index in [9.17, 15) is 0 Å². The van der Waals surface area contributed by atoms with E-state index >= 15 is 0 Å². The van der Waals surface area contributed by atoms with Gasteiger partial charge in [0.1, 0.15) is 12.4 Å². The second-order valence-electron chi connectivity index (χ2n) is 4.37. The highest BCUT2D eigenvalue weighted by molar-refractivity contribution is 7.99. The fraction of sp³-hybridized carbons (Fsp3) is 0.400. The molecule has 0 radical (unpaired) electrons. The van der Waals surface area contributed by atoms with Crippen LogP contribution in [0.15, 0.2) is 29.3 Å². The Morgan fingerprint density at radius 2 is 2.15 bits per heavy atom. The molecule has 0 atom stereocenters. The Morgan fingerprint density at radius 1 is 1.40 bits per heavy atom. The van der Waals surface area contributed by atoms with E-state index in [0.717, 1.165) is 35.9 Å². The third-order valence-corrected chi connectivity index (χ3v) is 3.97. The molecule has 0 aliphatic carbocycles. The van der Waals surface area contributed by atoms with Gasteiger partial charge in [-0.1, -0.05) is 24.1 Å². The molecule has 0 spiro atoms. The molecule has 1 fully saturated rings. The molecule has 1 saturated heterocycles. The van der Waals surface area contributed by atoms with Crippen molar-refractivity contribution >= 4 is 17.7 Å². The summed E-state index contributed by atoms with van der Waals surface area (Å²) in [6, 6.07) is 7.76. The van der Waals surface area contributed by atoms with Crippen LogP contribution in [0, 0.1) is 12.3 Å². The lowest BCUT2D eigenvalue weighted by Crippen LogP contribution is -2.42. The highest BCUT2D eigenvalue weighted by atomic mass is 32.2. The van der Waals surface area contributed by atoms with Gasteiger partial charge in [-0.2, -0.15) is 11.8 Å².